The number of esters is 1. The van der Waals surface area contributed by atoms with E-state index in [-0.39, 0.29) is 5.57 Å². The number of carbonyl (C=O) groups excluding carboxylic acids is 1. The molecule has 1 N–H and O–H groups in total. The van der Waals surface area contributed by atoms with Gasteiger partial charge in [0.25, 0.3) is 5.60 Å². The van der Waals surface area contributed by atoms with E-state index in [0.717, 1.165) is 6.92 Å². The van der Waals surface area contributed by atoms with E-state index < -0.39 is 55.0 Å². The minimum absolute atomic E-state index is 0.322. The summed E-state index contributed by atoms with van der Waals surface area (Å²) < 4.78 is 95.8. The molecule has 1 rings (SSSR count). The van der Waals surface area contributed by atoms with Gasteiger partial charge in [-0.2, -0.15) is 26.3 Å². The lowest BCUT2D eigenvalue weighted by Gasteiger charge is -2.43. The van der Waals surface area contributed by atoms with Crippen LogP contribution < -0.4 is 0 Å². The van der Waals surface area contributed by atoms with Gasteiger partial charge in [-0.1, -0.05) is 6.58 Å². The van der Waals surface area contributed by atoms with Crippen molar-refractivity contribution in [2.75, 3.05) is 0 Å². The van der Waals surface area contributed by atoms with Crippen LogP contribution in [0, 0.1) is 0 Å². The first-order valence-corrected chi connectivity index (χ1v) is 6.09. The fourth-order valence-electron chi connectivity index (χ4n) is 2.36. The Kier molecular flexibility index (Phi) is 4.59. The minimum Gasteiger partial charge on any atom is -0.455 e. The second-order valence-electron chi connectivity index (χ2n) is 5.13. The number of rotatable bonds is 3. The third-order valence-electron chi connectivity index (χ3n) is 3.54. The summed E-state index contributed by atoms with van der Waals surface area (Å²) in [7, 11) is 0. The van der Waals surface area contributed by atoms with Crippen LogP contribution in [0.15, 0.2) is 12.2 Å². The lowest BCUT2D eigenvalue weighted by molar-refractivity contribution is -0.409. The Morgan fingerprint density at radius 2 is 1.68 bits per heavy atom. The molecule has 0 amide bonds. The minimum atomic E-state index is -6.34. The van der Waals surface area contributed by atoms with E-state index in [0.29, 0.717) is 0 Å². The van der Waals surface area contributed by atoms with Gasteiger partial charge in [-0.3, -0.25) is 0 Å². The number of halogens is 7. The number of carbonyl (C=O) groups is 1. The van der Waals surface area contributed by atoms with Gasteiger partial charge in [-0.05, 0) is 26.2 Å². The number of aliphatic hydroxyl groups is 1. The van der Waals surface area contributed by atoms with Crippen LogP contribution in [0.25, 0.3) is 0 Å². The van der Waals surface area contributed by atoms with Crippen LogP contribution in [0.1, 0.15) is 26.2 Å². The molecule has 0 heterocycles. The monoisotopic (exact) mass is 338 g/mol. The van der Waals surface area contributed by atoms with Crippen LogP contribution in [-0.2, 0) is 9.53 Å². The maximum atomic E-state index is 14.6. The molecular weight excluding hydrogens is 325 g/mol. The molecule has 0 saturated heterocycles. The van der Waals surface area contributed by atoms with Crippen LogP contribution >= 0.6 is 0 Å². The molecule has 1 aliphatic rings. The maximum Gasteiger partial charge on any atom is 0.429 e. The molecule has 0 aromatic heterocycles. The van der Waals surface area contributed by atoms with Crippen LogP contribution in [0.5, 0.6) is 0 Å². The zero-order valence-electron chi connectivity index (χ0n) is 11.3. The van der Waals surface area contributed by atoms with Crippen LogP contribution in [0.4, 0.5) is 30.7 Å². The van der Waals surface area contributed by atoms with Gasteiger partial charge < -0.3 is 9.84 Å². The number of hydrogen-bond donors (Lipinski definition) is 1. The van der Waals surface area contributed by atoms with Crippen LogP contribution in [0.2, 0.25) is 0 Å². The van der Waals surface area contributed by atoms with Gasteiger partial charge in [0, 0.05) is 5.57 Å². The first-order valence-electron chi connectivity index (χ1n) is 6.09. The first kappa shape index (κ1) is 18.7. The second-order valence-corrected chi connectivity index (χ2v) is 5.13. The molecule has 128 valence electrons. The highest BCUT2D eigenvalue weighted by Gasteiger charge is 2.83. The van der Waals surface area contributed by atoms with Crippen molar-refractivity contribution in [3.8, 4) is 0 Å². The van der Waals surface area contributed by atoms with Crippen molar-refractivity contribution in [3.63, 3.8) is 0 Å². The molecule has 22 heavy (non-hydrogen) atoms. The third kappa shape index (κ3) is 2.68. The van der Waals surface area contributed by atoms with Crippen molar-refractivity contribution in [1.82, 2.24) is 0 Å². The van der Waals surface area contributed by atoms with Crippen molar-refractivity contribution in [1.29, 1.82) is 0 Å². The molecule has 1 fully saturated rings. The molecule has 1 aliphatic carbocycles. The number of ether oxygens (including phenoxy) is 1. The summed E-state index contributed by atoms with van der Waals surface area (Å²) in [4.78, 5) is 11.3. The summed E-state index contributed by atoms with van der Waals surface area (Å²) in [5.41, 5.74) is -10.2. The Balaban J connectivity index is 3.33. The number of alkyl halides is 7. The molecule has 0 aromatic carbocycles. The van der Waals surface area contributed by atoms with E-state index in [4.69, 9.17) is 0 Å². The summed E-state index contributed by atoms with van der Waals surface area (Å²) in [5.74, 6) is -1.33. The third-order valence-corrected chi connectivity index (χ3v) is 3.54. The van der Waals surface area contributed by atoms with Gasteiger partial charge in [0.1, 0.15) is 6.10 Å². The molecule has 0 bridgehead atoms. The zero-order valence-corrected chi connectivity index (χ0v) is 11.3. The van der Waals surface area contributed by atoms with Gasteiger partial charge in [-0.25, -0.2) is 9.18 Å². The molecule has 3 nitrogen and oxygen atoms in total. The second kappa shape index (κ2) is 5.39. The topological polar surface area (TPSA) is 46.5 Å². The Hall–Kier alpha value is -1.32. The standard InChI is InChI=1S/C12H13F7O3/c1-6(2)8(20)22-7-4-3-5-9(7,13)10(21,11(14,15)16)12(17,18)19/h7,21H,1,3-5H2,2H3. The smallest absolute Gasteiger partial charge is 0.429 e. The van der Waals surface area contributed by atoms with Gasteiger partial charge in [0.2, 0.25) is 0 Å². The number of hydrogen-bond acceptors (Lipinski definition) is 3. The fraction of sp³-hybridized carbons (Fsp3) is 0.750. The lowest BCUT2D eigenvalue weighted by Crippen LogP contribution is -2.71. The molecule has 10 heteroatoms. The summed E-state index contributed by atoms with van der Waals surface area (Å²) in [5, 5.41) is 9.23. The highest BCUT2D eigenvalue weighted by molar-refractivity contribution is 5.87. The Morgan fingerprint density at radius 1 is 1.23 bits per heavy atom. The lowest BCUT2D eigenvalue weighted by atomic mass is 9.80. The molecule has 0 radical (unpaired) electrons. The van der Waals surface area contributed by atoms with E-state index in [9.17, 15) is 40.6 Å². The molecule has 1 saturated carbocycles. The highest BCUT2D eigenvalue weighted by atomic mass is 19.4. The van der Waals surface area contributed by atoms with Crippen molar-refractivity contribution in [3.05, 3.63) is 12.2 Å². The van der Waals surface area contributed by atoms with Crippen molar-refractivity contribution in [2.24, 2.45) is 0 Å². The molecule has 0 aromatic rings. The quantitative estimate of drug-likeness (QED) is 0.488. The van der Waals surface area contributed by atoms with E-state index in [1.165, 1.54) is 0 Å². The highest BCUT2D eigenvalue weighted by Crippen LogP contribution is 2.57. The van der Waals surface area contributed by atoms with Gasteiger partial charge in [-0.15, -0.1) is 0 Å². The Labute approximate surface area is 120 Å². The van der Waals surface area contributed by atoms with E-state index in [1.807, 2.05) is 0 Å². The van der Waals surface area contributed by atoms with Crippen LogP contribution in [-0.4, -0.2) is 40.8 Å². The predicted octanol–water partition coefficient (Wildman–Crippen LogP) is 3.22. The van der Waals surface area contributed by atoms with E-state index >= 15 is 0 Å². The Morgan fingerprint density at radius 3 is 2.05 bits per heavy atom. The Bertz CT molecular complexity index is 454. The van der Waals surface area contributed by atoms with Crippen molar-refractivity contribution < 1.29 is 45.4 Å². The fourth-order valence-corrected chi connectivity index (χ4v) is 2.36. The van der Waals surface area contributed by atoms with Gasteiger partial charge >= 0.3 is 18.3 Å². The molecule has 2 unspecified atom stereocenters. The summed E-state index contributed by atoms with van der Waals surface area (Å²) in [6.07, 6.45) is -17.3. The maximum absolute atomic E-state index is 14.6. The van der Waals surface area contributed by atoms with E-state index in [2.05, 4.69) is 11.3 Å². The summed E-state index contributed by atoms with van der Waals surface area (Å²) in [6, 6.07) is 0. The summed E-state index contributed by atoms with van der Waals surface area (Å²) in [6.45, 7) is 4.19. The predicted molar refractivity (Wildman–Crippen MR) is 59.4 cm³/mol. The van der Waals surface area contributed by atoms with Crippen molar-refractivity contribution >= 4 is 5.97 Å². The summed E-state index contributed by atoms with van der Waals surface area (Å²) >= 11 is 0. The average molecular weight is 338 g/mol. The zero-order chi connectivity index (χ0) is 17.6. The average Bonchev–Trinajstić information content (AvgIpc) is 2.68. The first-order chi connectivity index (χ1) is 9.68. The molecule has 2 atom stereocenters. The molecule has 0 aliphatic heterocycles. The largest absolute Gasteiger partial charge is 0.455 e. The normalized spacial score (nSPS) is 26.9. The van der Waals surface area contributed by atoms with Gasteiger partial charge in [0.15, 0.2) is 5.67 Å². The molecular formula is C12H13F7O3. The molecule has 0 spiro atoms. The SMILES string of the molecule is C=C(C)C(=O)OC1CCCC1(F)C(O)(C(F)(F)F)C(F)(F)F. The van der Waals surface area contributed by atoms with Crippen LogP contribution in [0.3, 0.4) is 0 Å². The van der Waals surface area contributed by atoms with Crippen molar-refractivity contribution in [2.45, 2.75) is 55.9 Å². The van der Waals surface area contributed by atoms with E-state index in [1.54, 1.807) is 0 Å². The van der Waals surface area contributed by atoms with Gasteiger partial charge in [0.05, 0.1) is 0 Å².